The maximum absolute atomic E-state index is 13.6. The number of benzene rings is 1. The highest BCUT2D eigenvalue weighted by atomic mass is 127. The minimum absolute atomic E-state index is 0. The lowest BCUT2D eigenvalue weighted by molar-refractivity contribution is 0.270. The molecule has 7 heteroatoms. The Bertz CT molecular complexity index is 727. The Morgan fingerprint density at radius 3 is 2.78 bits per heavy atom. The molecule has 0 saturated heterocycles. The summed E-state index contributed by atoms with van der Waals surface area (Å²) in [7, 11) is 1.95. The van der Waals surface area contributed by atoms with Crippen molar-refractivity contribution < 1.29 is 9.13 Å². The number of aryl methyl sites for hydroxylation is 1. The van der Waals surface area contributed by atoms with E-state index in [2.05, 4.69) is 22.2 Å². The number of ether oxygens (including phenoxy) is 1. The number of rotatable bonds is 8. The maximum Gasteiger partial charge on any atom is 0.193 e. The number of hydrogen-bond donors (Lipinski definition) is 1. The third-order valence-corrected chi connectivity index (χ3v) is 4.00. The molecule has 27 heavy (non-hydrogen) atoms. The van der Waals surface area contributed by atoms with E-state index in [4.69, 9.17) is 4.74 Å². The first-order chi connectivity index (χ1) is 12.6. The van der Waals surface area contributed by atoms with Crippen molar-refractivity contribution in [3.05, 3.63) is 59.7 Å². The number of guanidine groups is 1. The van der Waals surface area contributed by atoms with E-state index in [-0.39, 0.29) is 35.5 Å². The monoisotopic (exact) mass is 486 g/mol. The zero-order valence-corrected chi connectivity index (χ0v) is 18.4. The van der Waals surface area contributed by atoms with Crippen LogP contribution in [0.5, 0.6) is 5.75 Å². The largest absolute Gasteiger partial charge is 0.489 e. The molecule has 5 nitrogen and oxygen atoms in total. The second-order valence-corrected chi connectivity index (χ2v) is 5.99. The van der Waals surface area contributed by atoms with Gasteiger partial charge in [-0.2, -0.15) is 0 Å². The van der Waals surface area contributed by atoms with Crippen LogP contribution in [0.2, 0.25) is 0 Å². The Morgan fingerprint density at radius 2 is 2.07 bits per heavy atom. The van der Waals surface area contributed by atoms with Gasteiger partial charge >= 0.3 is 0 Å². The van der Waals surface area contributed by atoms with Crippen LogP contribution in [-0.4, -0.2) is 49.1 Å². The number of nitrogens with zero attached hydrogens (tertiary/aromatic N) is 3. The summed E-state index contributed by atoms with van der Waals surface area (Å²) in [6, 6.07) is 8.46. The molecule has 0 aliphatic heterocycles. The molecule has 0 spiro atoms. The zero-order chi connectivity index (χ0) is 18.8. The first-order valence-electron chi connectivity index (χ1n) is 8.88. The van der Waals surface area contributed by atoms with Crippen LogP contribution in [0.15, 0.2) is 47.7 Å². The third kappa shape index (κ3) is 7.70. The molecule has 0 amide bonds. The smallest absolute Gasteiger partial charge is 0.193 e. The van der Waals surface area contributed by atoms with Crippen molar-refractivity contribution in [2.75, 3.05) is 33.3 Å². The molecule has 0 unspecified atom stereocenters. The van der Waals surface area contributed by atoms with E-state index in [0.29, 0.717) is 19.7 Å². The number of likely N-dealkylation sites (N-methyl/N-ethyl adjacent to an activating group) is 1. The molecule has 0 aliphatic carbocycles. The molecule has 0 bridgehead atoms. The summed E-state index contributed by atoms with van der Waals surface area (Å²) in [6.45, 7) is 6.55. The van der Waals surface area contributed by atoms with Crippen molar-refractivity contribution in [1.29, 1.82) is 0 Å². The summed E-state index contributed by atoms with van der Waals surface area (Å²) in [4.78, 5) is 10.8. The van der Waals surface area contributed by atoms with E-state index >= 15 is 0 Å². The van der Waals surface area contributed by atoms with Crippen LogP contribution in [0.4, 0.5) is 4.39 Å². The second-order valence-electron chi connectivity index (χ2n) is 5.99. The predicted molar refractivity (Wildman–Crippen MR) is 119 cm³/mol. The van der Waals surface area contributed by atoms with Crippen LogP contribution in [0.25, 0.3) is 0 Å². The average molecular weight is 486 g/mol. The van der Waals surface area contributed by atoms with Gasteiger partial charge in [-0.1, -0.05) is 12.1 Å². The van der Waals surface area contributed by atoms with E-state index in [1.54, 1.807) is 18.2 Å². The van der Waals surface area contributed by atoms with E-state index < -0.39 is 0 Å². The van der Waals surface area contributed by atoms with E-state index in [1.165, 1.54) is 17.2 Å². The van der Waals surface area contributed by atoms with Crippen molar-refractivity contribution >= 4 is 29.9 Å². The highest BCUT2D eigenvalue weighted by Gasteiger charge is 2.07. The maximum atomic E-state index is 13.6. The van der Waals surface area contributed by atoms with Gasteiger partial charge in [-0.3, -0.25) is 9.98 Å². The molecule has 0 radical (unpaired) electrons. The van der Waals surface area contributed by atoms with Crippen LogP contribution >= 0.6 is 24.0 Å². The number of hydrogen-bond acceptors (Lipinski definition) is 3. The van der Waals surface area contributed by atoms with Crippen molar-refractivity contribution in [1.82, 2.24) is 15.2 Å². The standard InChI is InChI=1S/C20H27FN4O.HI/c1-4-23-20(24-12-10-17-9-11-22-15-16(17)2)25(3)13-14-26-19-8-6-5-7-18(19)21;/h5-9,11,15H,4,10,12-14H2,1-3H3,(H,23,24);1H. The van der Waals surface area contributed by atoms with Crippen molar-refractivity contribution in [3.8, 4) is 5.75 Å². The number of aromatic nitrogens is 1. The minimum atomic E-state index is -0.344. The lowest BCUT2D eigenvalue weighted by Gasteiger charge is -2.22. The molecule has 0 fully saturated rings. The summed E-state index contributed by atoms with van der Waals surface area (Å²) in [5.41, 5.74) is 2.43. The van der Waals surface area contributed by atoms with Gasteiger partial charge in [-0.25, -0.2) is 4.39 Å². The molecule has 1 aromatic carbocycles. The highest BCUT2D eigenvalue weighted by Crippen LogP contribution is 2.15. The minimum Gasteiger partial charge on any atom is -0.489 e. The normalized spacial score (nSPS) is 10.9. The van der Waals surface area contributed by atoms with E-state index in [9.17, 15) is 4.39 Å². The zero-order valence-electron chi connectivity index (χ0n) is 16.1. The van der Waals surface area contributed by atoms with Gasteiger partial charge in [0.1, 0.15) is 6.61 Å². The van der Waals surface area contributed by atoms with Crippen LogP contribution in [0.3, 0.4) is 0 Å². The second kappa shape index (κ2) is 12.5. The van der Waals surface area contributed by atoms with Gasteiger partial charge in [0.25, 0.3) is 0 Å². The van der Waals surface area contributed by atoms with Crippen molar-refractivity contribution in [2.45, 2.75) is 20.3 Å². The SMILES string of the molecule is CCNC(=NCCc1ccncc1C)N(C)CCOc1ccccc1F.I. The summed E-state index contributed by atoms with van der Waals surface area (Å²) in [5.74, 6) is 0.746. The van der Waals surface area contributed by atoms with Gasteiger partial charge in [0.2, 0.25) is 0 Å². The summed E-state index contributed by atoms with van der Waals surface area (Å²) < 4.78 is 19.1. The summed E-state index contributed by atoms with van der Waals surface area (Å²) in [5, 5.41) is 3.28. The molecule has 148 valence electrons. The van der Waals surface area contributed by atoms with Gasteiger partial charge in [0, 0.05) is 32.5 Å². The van der Waals surface area contributed by atoms with Gasteiger partial charge < -0.3 is 15.0 Å². The number of pyridine rings is 1. The molecular weight excluding hydrogens is 458 g/mol. The molecule has 1 N–H and O–H groups in total. The summed E-state index contributed by atoms with van der Waals surface area (Å²) >= 11 is 0. The quantitative estimate of drug-likeness (QED) is 0.352. The first-order valence-corrected chi connectivity index (χ1v) is 8.88. The number of nitrogens with one attached hydrogen (secondary N) is 1. The Morgan fingerprint density at radius 1 is 1.30 bits per heavy atom. The van der Waals surface area contributed by atoms with Crippen LogP contribution in [0.1, 0.15) is 18.1 Å². The fourth-order valence-electron chi connectivity index (χ4n) is 2.49. The van der Waals surface area contributed by atoms with Gasteiger partial charge in [0.15, 0.2) is 17.5 Å². The molecule has 0 aliphatic rings. The fraction of sp³-hybridized carbons (Fsp3) is 0.400. The lowest BCUT2D eigenvalue weighted by atomic mass is 10.1. The molecule has 0 atom stereocenters. The Hall–Kier alpha value is -1.90. The van der Waals surface area contributed by atoms with Gasteiger partial charge in [-0.05, 0) is 49.6 Å². The summed E-state index contributed by atoms with van der Waals surface area (Å²) in [6.07, 6.45) is 4.54. The predicted octanol–water partition coefficient (Wildman–Crippen LogP) is 3.67. The first kappa shape index (κ1) is 23.1. The Labute approximate surface area is 178 Å². The lowest BCUT2D eigenvalue weighted by Crippen LogP contribution is -2.41. The van der Waals surface area contributed by atoms with Gasteiger partial charge in [-0.15, -0.1) is 24.0 Å². The van der Waals surface area contributed by atoms with Crippen LogP contribution < -0.4 is 10.1 Å². The molecule has 2 rings (SSSR count). The van der Waals surface area contributed by atoms with Crippen molar-refractivity contribution in [2.24, 2.45) is 4.99 Å². The number of para-hydroxylation sites is 1. The van der Waals surface area contributed by atoms with Gasteiger partial charge in [0.05, 0.1) is 6.54 Å². The van der Waals surface area contributed by atoms with Crippen LogP contribution in [-0.2, 0) is 6.42 Å². The fourth-order valence-corrected chi connectivity index (χ4v) is 2.49. The Balaban J connectivity index is 0.00000364. The highest BCUT2D eigenvalue weighted by molar-refractivity contribution is 14.0. The molecule has 2 aromatic rings. The Kier molecular flexibility index (Phi) is 10.7. The third-order valence-electron chi connectivity index (χ3n) is 4.00. The van der Waals surface area contributed by atoms with E-state index in [1.807, 2.05) is 37.3 Å². The topological polar surface area (TPSA) is 49.8 Å². The molecule has 1 aromatic heterocycles. The van der Waals surface area contributed by atoms with Crippen LogP contribution in [0, 0.1) is 12.7 Å². The number of aliphatic imine (C=N–C) groups is 1. The molecular formula is C20H28FIN4O. The van der Waals surface area contributed by atoms with Crippen molar-refractivity contribution in [3.63, 3.8) is 0 Å². The molecule has 1 heterocycles. The number of halogens is 2. The average Bonchev–Trinajstić information content (AvgIpc) is 2.64. The molecule has 0 saturated carbocycles. The van der Waals surface area contributed by atoms with E-state index in [0.717, 1.165) is 18.9 Å².